The summed E-state index contributed by atoms with van der Waals surface area (Å²) in [7, 11) is 0. The summed E-state index contributed by atoms with van der Waals surface area (Å²) in [5.74, 6) is -0.166. The number of benzene rings is 2. The van der Waals surface area contributed by atoms with Gasteiger partial charge in [-0.05, 0) is 47.5 Å². The number of phenols is 1. The number of carbonyl (C=O) groups excluding carboxylic acids is 1. The monoisotopic (exact) mass is 344 g/mol. The Balaban J connectivity index is 1.43. The van der Waals surface area contributed by atoms with E-state index in [4.69, 9.17) is 4.74 Å². The maximum Gasteiger partial charge on any atom is 0.338 e. The van der Waals surface area contributed by atoms with Crippen LogP contribution in [0, 0.1) is 0 Å². The lowest BCUT2D eigenvalue weighted by atomic mass is 10.0. The standard InChI is InChI=1S/C21H16N2O3/c24-19-10-8-16(9-11-19)15-4-6-17(7-5-15)21(25)26-14-18-13-23-12-2-1-3-20(23)22-18/h1-13,24H,14H2. The van der Waals surface area contributed by atoms with E-state index in [2.05, 4.69) is 4.98 Å². The van der Waals surface area contributed by atoms with Gasteiger partial charge in [-0.2, -0.15) is 0 Å². The summed E-state index contributed by atoms with van der Waals surface area (Å²) in [6, 6.07) is 19.8. The number of phenolic OH excluding ortho intramolecular Hbond substituents is 1. The fourth-order valence-electron chi connectivity index (χ4n) is 2.73. The van der Waals surface area contributed by atoms with E-state index >= 15 is 0 Å². The number of esters is 1. The van der Waals surface area contributed by atoms with Crippen LogP contribution in [0.1, 0.15) is 16.1 Å². The smallest absolute Gasteiger partial charge is 0.338 e. The van der Waals surface area contributed by atoms with Gasteiger partial charge in [0.2, 0.25) is 0 Å². The lowest BCUT2D eigenvalue weighted by Crippen LogP contribution is -2.05. The van der Waals surface area contributed by atoms with E-state index in [-0.39, 0.29) is 18.3 Å². The highest BCUT2D eigenvalue weighted by molar-refractivity contribution is 5.90. The van der Waals surface area contributed by atoms with Crippen molar-refractivity contribution in [1.29, 1.82) is 0 Å². The molecule has 0 aliphatic carbocycles. The summed E-state index contributed by atoms with van der Waals surface area (Å²) < 4.78 is 7.24. The molecule has 128 valence electrons. The number of aromatic hydroxyl groups is 1. The van der Waals surface area contributed by atoms with Gasteiger partial charge in [0.25, 0.3) is 0 Å². The van der Waals surface area contributed by atoms with Crippen LogP contribution < -0.4 is 0 Å². The summed E-state index contributed by atoms with van der Waals surface area (Å²) in [5, 5.41) is 9.35. The summed E-state index contributed by atoms with van der Waals surface area (Å²) in [5.41, 5.74) is 3.92. The number of aromatic nitrogens is 2. The Morgan fingerprint density at radius 1 is 0.962 bits per heavy atom. The first-order valence-corrected chi connectivity index (χ1v) is 8.18. The fraction of sp³-hybridized carbons (Fsp3) is 0.0476. The number of imidazole rings is 1. The van der Waals surface area contributed by atoms with E-state index in [9.17, 15) is 9.90 Å². The second-order valence-electron chi connectivity index (χ2n) is 5.90. The molecule has 0 radical (unpaired) electrons. The molecule has 2 aromatic carbocycles. The van der Waals surface area contributed by atoms with Crippen LogP contribution in [0.2, 0.25) is 0 Å². The maximum atomic E-state index is 12.2. The minimum Gasteiger partial charge on any atom is -0.508 e. The van der Waals surface area contributed by atoms with Gasteiger partial charge in [-0.3, -0.25) is 0 Å². The van der Waals surface area contributed by atoms with E-state index in [0.29, 0.717) is 11.3 Å². The predicted molar refractivity (Wildman–Crippen MR) is 97.9 cm³/mol. The molecule has 0 aliphatic heterocycles. The molecular formula is C21H16N2O3. The number of ether oxygens (including phenoxy) is 1. The number of pyridine rings is 1. The summed E-state index contributed by atoms with van der Waals surface area (Å²) in [6.45, 7) is 0.125. The SMILES string of the molecule is O=C(OCc1cn2ccccc2n1)c1ccc(-c2ccc(O)cc2)cc1. The van der Waals surface area contributed by atoms with Crippen molar-refractivity contribution in [3.05, 3.63) is 90.4 Å². The Hall–Kier alpha value is -3.60. The minimum atomic E-state index is -0.390. The highest BCUT2D eigenvalue weighted by Gasteiger charge is 2.09. The first-order valence-electron chi connectivity index (χ1n) is 8.18. The van der Waals surface area contributed by atoms with Gasteiger partial charge in [-0.1, -0.05) is 30.3 Å². The van der Waals surface area contributed by atoms with Gasteiger partial charge in [-0.15, -0.1) is 0 Å². The van der Waals surface area contributed by atoms with E-state index in [1.807, 2.05) is 59.3 Å². The Morgan fingerprint density at radius 2 is 1.65 bits per heavy atom. The summed E-state index contributed by atoms with van der Waals surface area (Å²) in [6.07, 6.45) is 3.74. The molecule has 1 N–H and O–H groups in total. The first-order chi connectivity index (χ1) is 12.7. The molecule has 2 heterocycles. The molecule has 26 heavy (non-hydrogen) atoms. The molecule has 4 aromatic rings. The van der Waals surface area contributed by atoms with Gasteiger partial charge in [0.1, 0.15) is 18.0 Å². The third kappa shape index (κ3) is 3.28. The average molecular weight is 344 g/mol. The first kappa shape index (κ1) is 15.9. The van der Waals surface area contributed by atoms with Gasteiger partial charge in [0.15, 0.2) is 0 Å². The minimum absolute atomic E-state index is 0.125. The molecule has 0 amide bonds. The van der Waals surface area contributed by atoms with E-state index in [1.54, 1.807) is 24.3 Å². The van der Waals surface area contributed by atoms with Gasteiger partial charge < -0.3 is 14.2 Å². The van der Waals surface area contributed by atoms with Gasteiger partial charge in [0, 0.05) is 12.4 Å². The second kappa shape index (κ2) is 6.72. The molecule has 0 fully saturated rings. The van der Waals surface area contributed by atoms with Crippen LogP contribution in [0.25, 0.3) is 16.8 Å². The van der Waals surface area contributed by atoms with Gasteiger partial charge >= 0.3 is 5.97 Å². The quantitative estimate of drug-likeness (QED) is 0.567. The topological polar surface area (TPSA) is 63.8 Å². The van der Waals surface area contributed by atoms with Crippen LogP contribution >= 0.6 is 0 Å². The van der Waals surface area contributed by atoms with Crippen LogP contribution in [-0.4, -0.2) is 20.5 Å². The van der Waals surface area contributed by atoms with E-state index in [1.165, 1.54) is 0 Å². The van der Waals surface area contributed by atoms with Crippen LogP contribution in [0.3, 0.4) is 0 Å². The number of nitrogens with zero attached hydrogens (tertiary/aromatic N) is 2. The zero-order valence-electron chi connectivity index (χ0n) is 13.9. The molecule has 0 bridgehead atoms. The maximum absolute atomic E-state index is 12.2. The third-order valence-electron chi connectivity index (χ3n) is 4.09. The molecule has 0 unspecified atom stereocenters. The third-order valence-corrected chi connectivity index (χ3v) is 4.09. The molecule has 0 saturated carbocycles. The molecule has 2 aromatic heterocycles. The zero-order chi connectivity index (χ0) is 17.9. The van der Waals surface area contributed by atoms with Crippen LogP contribution in [0.5, 0.6) is 5.75 Å². The van der Waals surface area contributed by atoms with Crippen molar-refractivity contribution in [3.8, 4) is 16.9 Å². The van der Waals surface area contributed by atoms with Crippen molar-refractivity contribution in [2.24, 2.45) is 0 Å². The van der Waals surface area contributed by atoms with Gasteiger partial charge in [-0.25, -0.2) is 9.78 Å². The fourth-order valence-corrected chi connectivity index (χ4v) is 2.73. The van der Waals surface area contributed by atoms with E-state index in [0.717, 1.165) is 16.8 Å². The summed E-state index contributed by atoms with van der Waals surface area (Å²) in [4.78, 5) is 16.6. The van der Waals surface area contributed by atoms with Crippen molar-refractivity contribution in [2.75, 3.05) is 0 Å². The Bertz CT molecular complexity index is 1020. The van der Waals surface area contributed by atoms with Crippen LogP contribution in [0.15, 0.2) is 79.1 Å². The van der Waals surface area contributed by atoms with Crippen LogP contribution in [-0.2, 0) is 11.3 Å². The number of rotatable bonds is 4. The highest BCUT2D eigenvalue weighted by Crippen LogP contribution is 2.22. The second-order valence-corrected chi connectivity index (χ2v) is 5.90. The Morgan fingerprint density at radius 3 is 2.35 bits per heavy atom. The van der Waals surface area contributed by atoms with Gasteiger partial charge in [0.05, 0.1) is 11.3 Å². The largest absolute Gasteiger partial charge is 0.508 e. The van der Waals surface area contributed by atoms with Crippen molar-refractivity contribution in [1.82, 2.24) is 9.38 Å². The average Bonchev–Trinajstić information content (AvgIpc) is 3.10. The lowest BCUT2D eigenvalue weighted by Gasteiger charge is -2.05. The molecule has 5 nitrogen and oxygen atoms in total. The molecule has 0 spiro atoms. The van der Waals surface area contributed by atoms with Crippen LogP contribution in [0.4, 0.5) is 0 Å². The van der Waals surface area contributed by atoms with Crippen molar-refractivity contribution in [2.45, 2.75) is 6.61 Å². The summed E-state index contributed by atoms with van der Waals surface area (Å²) >= 11 is 0. The molecule has 0 atom stereocenters. The normalized spacial score (nSPS) is 10.8. The Labute approximate surface area is 150 Å². The molecule has 5 heteroatoms. The molecule has 4 rings (SSSR count). The van der Waals surface area contributed by atoms with E-state index < -0.39 is 0 Å². The molecular weight excluding hydrogens is 328 g/mol. The molecule has 0 aliphatic rings. The predicted octanol–water partition coefficient (Wildman–Crippen LogP) is 4.06. The Kier molecular flexibility index (Phi) is 4.11. The number of hydrogen-bond donors (Lipinski definition) is 1. The number of hydrogen-bond acceptors (Lipinski definition) is 4. The number of fused-ring (bicyclic) bond motifs is 1. The number of carbonyl (C=O) groups is 1. The lowest BCUT2D eigenvalue weighted by molar-refractivity contribution is 0.0468. The van der Waals surface area contributed by atoms with Crippen molar-refractivity contribution < 1.29 is 14.6 Å². The van der Waals surface area contributed by atoms with Crippen molar-refractivity contribution in [3.63, 3.8) is 0 Å². The zero-order valence-corrected chi connectivity index (χ0v) is 13.9. The van der Waals surface area contributed by atoms with Crippen molar-refractivity contribution >= 4 is 11.6 Å². The molecule has 0 saturated heterocycles. The highest BCUT2D eigenvalue weighted by atomic mass is 16.5.